The molecular formula is C19H18N2O6S. The minimum Gasteiger partial charge on any atom is -0.482 e. The largest absolute Gasteiger partial charge is 0.482 e. The van der Waals surface area contributed by atoms with Crippen molar-refractivity contribution in [2.75, 3.05) is 18.1 Å². The molecule has 3 aromatic rings. The summed E-state index contributed by atoms with van der Waals surface area (Å²) in [6.45, 7) is 3.54. The van der Waals surface area contributed by atoms with Gasteiger partial charge in [-0.25, -0.2) is 14.6 Å². The number of nitrogens with zero attached hydrogens (tertiary/aromatic N) is 2. The third kappa shape index (κ3) is 4.74. The van der Waals surface area contributed by atoms with Crippen molar-refractivity contribution in [3.8, 4) is 5.75 Å². The number of thiazole rings is 1. The van der Waals surface area contributed by atoms with Gasteiger partial charge in [0.25, 0.3) is 0 Å². The quantitative estimate of drug-likeness (QED) is 0.443. The van der Waals surface area contributed by atoms with E-state index in [2.05, 4.69) is 4.98 Å². The Bertz CT molecular complexity index is 1060. The summed E-state index contributed by atoms with van der Waals surface area (Å²) in [5.41, 5.74) is 0.470. The highest BCUT2D eigenvalue weighted by molar-refractivity contribution is 7.14. The van der Waals surface area contributed by atoms with E-state index in [9.17, 15) is 14.4 Å². The Labute approximate surface area is 164 Å². The van der Waals surface area contributed by atoms with Crippen LogP contribution in [0.15, 0.2) is 44.9 Å². The van der Waals surface area contributed by atoms with Crippen LogP contribution in [-0.4, -0.2) is 30.0 Å². The molecule has 1 aromatic carbocycles. The molecule has 9 heteroatoms. The molecule has 0 aliphatic heterocycles. The van der Waals surface area contributed by atoms with Crippen molar-refractivity contribution in [3.63, 3.8) is 0 Å². The fraction of sp³-hybridized carbons (Fsp3) is 0.263. The lowest BCUT2D eigenvalue weighted by molar-refractivity contribution is -0.147. The van der Waals surface area contributed by atoms with Gasteiger partial charge in [0.15, 0.2) is 11.7 Å². The minimum absolute atomic E-state index is 0.0131. The number of benzene rings is 1. The van der Waals surface area contributed by atoms with Crippen molar-refractivity contribution in [3.05, 3.63) is 51.8 Å². The third-order valence-corrected chi connectivity index (χ3v) is 4.71. The zero-order valence-electron chi connectivity index (χ0n) is 15.3. The Morgan fingerprint density at radius 2 is 2.04 bits per heavy atom. The third-order valence-electron chi connectivity index (χ3n) is 3.80. The molecule has 0 saturated heterocycles. The normalized spacial score (nSPS) is 10.6. The summed E-state index contributed by atoms with van der Waals surface area (Å²) >= 11 is 1.31. The van der Waals surface area contributed by atoms with E-state index in [4.69, 9.17) is 13.9 Å². The van der Waals surface area contributed by atoms with E-state index in [1.54, 1.807) is 23.6 Å². The summed E-state index contributed by atoms with van der Waals surface area (Å²) in [5, 5.41) is 3.05. The van der Waals surface area contributed by atoms with Crippen LogP contribution >= 0.6 is 11.3 Å². The lowest BCUT2D eigenvalue weighted by Gasteiger charge is -2.14. The molecule has 0 aliphatic carbocycles. The number of anilines is 1. The van der Waals surface area contributed by atoms with Crippen LogP contribution in [0.2, 0.25) is 0 Å². The van der Waals surface area contributed by atoms with Gasteiger partial charge in [-0.3, -0.25) is 9.69 Å². The number of hydrogen-bond donors (Lipinski definition) is 0. The fourth-order valence-electron chi connectivity index (χ4n) is 2.45. The summed E-state index contributed by atoms with van der Waals surface area (Å²) in [4.78, 5) is 40.6. The molecule has 0 fully saturated rings. The lowest BCUT2D eigenvalue weighted by atomic mass is 10.2. The molecule has 0 unspecified atom stereocenters. The monoisotopic (exact) mass is 402 g/mol. The first-order valence-electron chi connectivity index (χ1n) is 8.51. The second-order valence-electron chi connectivity index (χ2n) is 5.79. The minimum atomic E-state index is -0.567. The zero-order valence-corrected chi connectivity index (χ0v) is 16.2. The molecule has 0 atom stereocenters. The van der Waals surface area contributed by atoms with Crippen molar-refractivity contribution >= 4 is 39.3 Å². The van der Waals surface area contributed by atoms with Gasteiger partial charge in [-0.05, 0) is 25.1 Å². The summed E-state index contributed by atoms with van der Waals surface area (Å²) in [7, 11) is 0. The van der Waals surface area contributed by atoms with Crippen molar-refractivity contribution < 1.29 is 23.5 Å². The molecule has 2 aromatic heterocycles. The molecule has 3 rings (SSSR count). The molecule has 2 heterocycles. The van der Waals surface area contributed by atoms with E-state index in [0.717, 1.165) is 5.39 Å². The predicted octanol–water partition coefficient (Wildman–Crippen LogP) is 2.74. The standard InChI is InChI=1S/C19H18N2O6S/c1-3-21(12(2)22)19-20-14(11-28-19)9-26-18(24)10-25-15-6-4-13-5-7-17(23)27-16(13)8-15/h4-8,11H,3,9-10H2,1-2H3. The Hall–Kier alpha value is -3.20. The van der Waals surface area contributed by atoms with Gasteiger partial charge in [-0.2, -0.15) is 0 Å². The molecule has 0 radical (unpaired) electrons. The lowest BCUT2D eigenvalue weighted by Crippen LogP contribution is -2.27. The van der Waals surface area contributed by atoms with Crippen LogP contribution in [-0.2, 0) is 20.9 Å². The first-order chi connectivity index (χ1) is 13.5. The molecule has 0 aliphatic rings. The van der Waals surface area contributed by atoms with Crippen LogP contribution in [0, 0.1) is 0 Å². The van der Waals surface area contributed by atoms with Crippen molar-refractivity contribution in [1.82, 2.24) is 4.98 Å². The summed E-state index contributed by atoms with van der Waals surface area (Å²) in [6, 6.07) is 7.92. The van der Waals surface area contributed by atoms with Crippen LogP contribution in [0.4, 0.5) is 5.13 Å². The Kier molecular flexibility index (Phi) is 6.05. The second kappa shape index (κ2) is 8.66. The molecular weight excluding hydrogens is 384 g/mol. The van der Waals surface area contributed by atoms with E-state index in [0.29, 0.717) is 28.7 Å². The molecule has 0 saturated carbocycles. The number of fused-ring (bicyclic) bond motifs is 1. The smallest absolute Gasteiger partial charge is 0.344 e. The number of ether oxygens (including phenoxy) is 2. The molecule has 0 bridgehead atoms. The van der Waals surface area contributed by atoms with E-state index in [1.165, 1.54) is 35.3 Å². The average Bonchev–Trinajstić information content (AvgIpc) is 3.13. The molecule has 146 valence electrons. The van der Waals surface area contributed by atoms with Crippen molar-refractivity contribution in [1.29, 1.82) is 0 Å². The Morgan fingerprint density at radius 3 is 2.79 bits per heavy atom. The second-order valence-corrected chi connectivity index (χ2v) is 6.62. The Balaban J connectivity index is 1.53. The van der Waals surface area contributed by atoms with E-state index < -0.39 is 11.6 Å². The zero-order chi connectivity index (χ0) is 20.1. The van der Waals surface area contributed by atoms with Crippen LogP contribution in [0.5, 0.6) is 5.75 Å². The Morgan fingerprint density at radius 1 is 1.25 bits per heavy atom. The topological polar surface area (TPSA) is 98.9 Å². The van der Waals surface area contributed by atoms with Gasteiger partial charge in [0.1, 0.15) is 17.9 Å². The number of amides is 1. The van der Waals surface area contributed by atoms with Gasteiger partial charge in [0.2, 0.25) is 5.91 Å². The maximum atomic E-state index is 11.9. The SMILES string of the molecule is CCN(C(C)=O)c1nc(COC(=O)COc2ccc3ccc(=O)oc3c2)cs1. The molecule has 0 N–H and O–H groups in total. The van der Waals surface area contributed by atoms with Gasteiger partial charge in [-0.1, -0.05) is 0 Å². The highest BCUT2D eigenvalue weighted by Crippen LogP contribution is 2.21. The first kappa shape index (κ1) is 19.6. The van der Waals surface area contributed by atoms with Gasteiger partial charge in [-0.15, -0.1) is 11.3 Å². The number of aromatic nitrogens is 1. The van der Waals surface area contributed by atoms with Crippen LogP contribution in [0.3, 0.4) is 0 Å². The summed E-state index contributed by atoms with van der Waals surface area (Å²) in [6.07, 6.45) is 0. The molecule has 8 nitrogen and oxygen atoms in total. The van der Waals surface area contributed by atoms with Gasteiger partial charge in [0, 0.05) is 36.4 Å². The van der Waals surface area contributed by atoms with Crippen LogP contribution in [0.25, 0.3) is 11.0 Å². The van der Waals surface area contributed by atoms with E-state index in [1.807, 2.05) is 6.92 Å². The first-order valence-corrected chi connectivity index (χ1v) is 9.39. The van der Waals surface area contributed by atoms with Crippen LogP contribution in [0.1, 0.15) is 19.5 Å². The number of esters is 1. The maximum Gasteiger partial charge on any atom is 0.344 e. The van der Waals surface area contributed by atoms with Crippen LogP contribution < -0.4 is 15.3 Å². The summed E-state index contributed by atoms with van der Waals surface area (Å²) < 4.78 is 15.6. The molecule has 0 spiro atoms. The molecule has 28 heavy (non-hydrogen) atoms. The van der Waals surface area contributed by atoms with Crippen molar-refractivity contribution in [2.45, 2.75) is 20.5 Å². The number of carbonyl (C=O) groups is 2. The number of rotatable bonds is 7. The predicted molar refractivity (Wildman–Crippen MR) is 104 cm³/mol. The number of carbonyl (C=O) groups excluding carboxylic acids is 2. The van der Waals surface area contributed by atoms with Crippen molar-refractivity contribution in [2.24, 2.45) is 0 Å². The van der Waals surface area contributed by atoms with Gasteiger partial charge >= 0.3 is 11.6 Å². The van der Waals surface area contributed by atoms with E-state index >= 15 is 0 Å². The average molecular weight is 402 g/mol. The van der Waals surface area contributed by atoms with Gasteiger partial charge < -0.3 is 13.9 Å². The van der Waals surface area contributed by atoms with E-state index in [-0.39, 0.29) is 19.1 Å². The number of hydrogen-bond acceptors (Lipinski definition) is 8. The fourth-order valence-corrected chi connectivity index (χ4v) is 3.37. The highest BCUT2D eigenvalue weighted by atomic mass is 32.1. The maximum absolute atomic E-state index is 11.9. The molecule has 1 amide bonds. The summed E-state index contributed by atoms with van der Waals surface area (Å²) in [5.74, 6) is -0.280. The highest BCUT2D eigenvalue weighted by Gasteiger charge is 2.14. The van der Waals surface area contributed by atoms with Gasteiger partial charge in [0.05, 0.1) is 5.69 Å².